The van der Waals surface area contributed by atoms with Gasteiger partial charge in [-0.3, -0.25) is 9.69 Å². The minimum atomic E-state index is -0.313. The Bertz CT molecular complexity index is 928. The molecule has 5 heteroatoms. The first-order chi connectivity index (χ1) is 14.1. The van der Waals surface area contributed by atoms with Crippen LogP contribution in [0.25, 0.3) is 0 Å². The number of halogens is 1. The van der Waals surface area contributed by atoms with Crippen molar-refractivity contribution in [2.45, 2.75) is 38.8 Å². The number of amides is 1. The summed E-state index contributed by atoms with van der Waals surface area (Å²) >= 11 is 0. The van der Waals surface area contributed by atoms with Crippen molar-refractivity contribution in [1.29, 1.82) is 5.26 Å². The summed E-state index contributed by atoms with van der Waals surface area (Å²) in [5.74, 6) is 0.351. The minimum Gasteiger partial charge on any atom is -0.338 e. The Kier molecular flexibility index (Phi) is 5.92. The maximum absolute atomic E-state index is 14.1. The number of hydrogen-bond acceptors (Lipinski definition) is 3. The van der Waals surface area contributed by atoms with Gasteiger partial charge in [-0.15, -0.1) is 0 Å². The summed E-state index contributed by atoms with van der Waals surface area (Å²) in [6.45, 7) is 3.85. The number of carbonyl (C=O) groups excluding carboxylic acids is 1. The van der Waals surface area contributed by atoms with Gasteiger partial charge in [-0.25, -0.2) is 4.39 Å². The normalized spacial score (nSPS) is 17.6. The fourth-order valence-electron chi connectivity index (χ4n) is 4.42. The van der Waals surface area contributed by atoms with Gasteiger partial charge in [0.05, 0.1) is 11.6 Å². The van der Waals surface area contributed by atoms with Crippen LogP contribution in [0.2, 0.25) is 0 Å². The molecule has 0 aliphatic carbocycles. The summed E-state index contributed by atoms with van der Waals surface area (Å²) in [6, 6.07) is 15.0. The maximum Gasteiger partial charge on any atom is 0.223 e. The monoisotopic (exact) mass is 391 g/mol. The molecule has 2 aliphatic heterocycles. The second-order valence-corrected chi connectivity index (χ2v) is 8.18. The van der Waals surface area contributed by atoms with Gasteiger partial charge in [0.25, 0.3) is 0 Å². The van der Waals surface area contributed by atoms with Crippen molar-refractivity contribution in [3.05, 3.63) is 70.5 Å². The van der Waals surface area contributed by atoms with Gasteiger partial charge in [0.15, 0.2) is 0 Å². The molecule has 29 heavy (non-hydrogen) atoms. The van der Waals surface area contributed by atoms with Crippen molar-refractivity contribution in [3.8, 4) is 6.07 Å². The van der Waals surface area contributed by atoms with Gasteiger partial charge >= 0.3 is 0 Å². The molecule has 2 heterocycles. The van der Waals surface area contributed by atoms with Gasteiger partial charge in [-0.05, 0) is 61.5 Å². The first-order valence-electron chi connectivity index (χ1n) is 10.4. The predicted molar refractivity (Wildman–Crippen MR) is 109 cm³/mol. The molecule has 0 spiro atoms. The molecule has 0 bridgehead atoms. The van der Waals surface area contributed by atoms with Gasteiger partial charge < -0.3 is 4.90 Å². The molecule has 2 aromatic rings. The van der Waals surface area contributed by atoms with Crippen LogP contribution in [0, 0.1) is 23.1 Å². The maximum atomic E-state index is 14.1. The van der Waals surface area contributed by atoms with Crippen LogP contribution < -0.4 is 0 Å². The summed E-state index contributed by atoms with van der Waals surface area (Å²) in [5.41, 5.74) is 3.61. The van der Waals surface area contributed by atoms with Crippen molar-refractivity contribution < 1.29 is 9.18 Å². The van der Waals surface area contributed by atoms with Crippen LogP contribution in [0.4, 0.5) is 4.39 Å². The summed E-state index contributed by atoms with van der Waals surface area (Å²) in [6.07, 6.45) is 3.49. The zero-order chi connectivity index (χ0) is 20.2. The number of piperidine rings is 1. The first-order valence-corrected chi connectivity index (χ1v) is 10.4. The Morgan fingerprint density at radius 2 is 1.86 bits per heavy atom. The Morgan fingerprint density at radius 1 is 1.10 bits per heavy atom. The number of hydrogen-bond donors (Lipinski definition) is 0. The highest BCUT2D eigenvalue weighted by molar-refractivity contribution is 5.76. The SMILES string of the molecule is N#Cc1ccc(CN2CCC(CC(=O)N3CCc4ccccc4C3)CC2)c(F)c1. The van der Waals surface area contributed by atoms with Crippen molar-refractivity contribution in [2.75, 3.05) is 19.6 Å². The Labute approximate surface area is 171 Å². The van der Waals surface area contributed by atoms with Crippen LogP contribution in [0.3, 0.4) is 0 Å². The summed E-state index contributed by atoms with van der Waals surface area (Å²) in [7, 11) is 0. The number of nitrogens with zero attached hydrogens (tertiary/aromatic N) is 3. The molecule has 150 valence electrons. The fraction of sp³-hybridized carbons (Fsp3) is 0.417. The van der Waals surface area contributed by atoms with E-state index in [0.717, 1.165) is 45.4 Å². The van der Waals surface area contributed by atoms with E-state index in [4.69, 9.17) is 5.26 Å². The molecular weight excluding hydrogens is 365 g/mol. The highest BCUT2D eigenvalue weighted by Gasteiger charge is 2.26. The van der Waals surface area contributed by atoms with E-state index in [-0.39, 0.29) is 11.7 Å². The summed E-state index contributed by atoms with van der Waals surface area (Å²) in [4.78, 5) is 17.0. The minimum absolute atomic E-state index is 0.260. The second-order valence-electron chi connectivity index (χ2n) is 8.18. The third kappa shape index (κ3) is 4.65. The lowest BCUT2D eigenvalue weighted by Crippen LogP contribution is -2.39. The number of nitriles is 1. The van der Waals surface area contributed by atoms with Crippen LogP contribution in [-0.2, 0) is 24.3 Å². The highest BCUT2D eigenvalue weighted by atomic mass is 19.1. The average molecular weight is 391 g/mol. The van der Waals surface area contributed by atoms with Gasteiger partial charge in [-0.1, -0.05) is 30.3 Å². The molecule has 1 amide bonds. The van der Waals surface area contributed by atoms with Gasteiger partial charge in [0, 0.05) is 31.6 Å². The largest absolute Gasteiger partial charge is 0.338 e. The van der Waals surface area contributed by atoms with Crippen molar-refractivity contribution in [1.82, 2.24) is 9.80 Å². The topological polar surface area (TPSA) is 47.3 Å². The van der Waals surface area contributed by atoms with E-state index in [9.17, 15) is 9.18 Å². The Morgan fingerprint density at radius 3 is 2.59 bits per heavy atom. The average Bonchev–Trinajstić information content (AvgIpc) is 2.76. The molecule has 4 nitrogen and oxygen atoms in total. The van der Waals surface area contributed by atoms with Crippen molar-refractivity contribution in [3.63, 3.8) is 0 Å². The van der Waals surface area contributed by atoms with Crippen LogP contribution in [0.5, 0.6) is 0 Å². The molecule has 1 fully saturated rings. The number of benzene rings is 2. The summed E-state index contributed by atoms with van der Waals surface area (Å²) in [5, 5.41) is 8.86. The smallest absolute Gasteiger partial charge is 0.223 e. The molecule has 1 saturated heterocycles. The predicted octanol–water partition coefficient (Wildman–Crippen LogP) is 3.88. The van der Waals surface area contributed by atoms with Gasteiger partial charge in [0.2, 0.25) is 5.91 Å². The molecule has 0 saturated carbocycles. The fourth-order valence-corrected chi connectivity index (χ4v) is 4.42. The van der Waals surface area contributed by atoms with E-state index < -0.39 is 0 Å². The molecule has 4 rings (SSSR count). The zero-order valence-corrected chi connectivity index (χ0v) is 16.6. The zero-order valence-electron chi connectivity index (χ0n) is 16.6. The van der Waals surface area contributed by atoms with Crippen molar-refractivity contribution >= 4 is 5.91 Å². The van der Waals surface area contributed by atoms with Crippen LogP contribution in [0.1, 0.15) is 41.5 Å². The Balaban J connectivity index is 1.26. The standard InChI is InChI=1S/C24H26FN3O/c25-23-13-19(15-26)5-6-22(23)16-27-10-7-18(8-11-27)14-24(29)28-12-9-20-3-1-2-4-21(20)17-28/h1-6,13,18H,7-12,14,16-17H2. The molecule has 0 unspecified atom stereocenters. The van der Waals surface area contributed by atoms with Crippen LogP contribution in [0.15, 0.2) is 42.5 Å². The number of rotatable bonds is 4. The van der Waals surface area contributed by atoms with Gasteiger partial charge in [-0.2, -0.15) is 5.26 Å². The van der Waals surface area contributed by atoms with Gasteiger partial charge in [0.1, 0.15) is 5.82 Å². The lowest BCUT2D eigenvalue weighted by molar-refractivity contribution is -0.133. The van der Waals surface area contributed by atoms with E-state index >= 15 is 0 Å². The molecule has 2 aromatic carbocycles. The highest BCUT2D eigenvalue weighted by Crippen LogP contribution is 2.25. The lowest BCUT2D eigenvalue weighted by atomic mass is 9.92. The summed E-state index contributed by atoms with van der Waals surface area (Å²) < 4.78 is 14.1. The first kappa shape index (κ1) is 19.6. The molecule has 0 atom stereocenters. The van der Waals surface area contributed by atoms with Crippen LogP contribution in [-0.4, -0.2) is 35.3 Å². The third-order valence-corrected chi connectivity index (χ3v) is 6.23. The van der Waals surface area contributed by atoms with Crippen molar-refractivity contribution in [2.24, 2.45) is 5.92 Å². The number of carbonyl (C=O) groups is 1. The van der Waals surface area contributed by atoms with E-state index in [0.29, 0.717) is 30.0 Å². The molecule has 0 aromatic heterocycles. The Hall–Kier alpha value is -2.71. The lowest BCUT2D eigenvalue weighted by Gasteiger charge is -2.34. The van der Waals surface area contributed by atoms with E-state index in [1.807, 2.05) is 17.0 Å². The second kappa shape index (κ2) is 8.75. The molecule has 0 radical (unpaired) electrons. The van der Waals surface area contributed by atoms with E-state index in [2.05, 4.69) is 23.1 Å². The van der Waals surface area contributed by atoms with E-state index in [1.54, 1.807) is 12.1 Å². The third-order valence-electron chi connectivity index (χ3n) is 6.23. The van der Waals surface area contributed by atoms with Crippen LogP contribution >= 0.6 is 0 Å². The molecule has 2 aliphatic rings. The number of fused-ring (bicyclic) bond motifs is 1. The quantitative estimate of drug-likeness (QED) is 0.795. The van der Waals surface area contributed by atoms with E-state index in [1.165, 1.54) is 17.2 Å². The number of likely N-dealkylation sites (tertiary alicyclic amines) is 1. The molecular formula is C24H26FN3O. The molecule has 0 N–H and O–H groups in total.